The number of pyridine rings is 1. The smallest absolute Gasteiger partial charge is 0.128 e. The van der Waals surface area contributed by atoms with Crippen molar-refractivity contribution in [3.05, 3.63) is 18.3 Å². The highest BCUT2D eigenvalue weighted by Gasteiger charge is 2.34. The fourth-order valence-electron chi connectivity index (χ4n) is 2.75. The first kappa shape index (κ1) is 11.7. The highest BCUT2D eigenvalue weighted by atomic mass is 16.5. The van der Waals surface area contributed by atoms with Crippen LogP contribution in [0.2, 0.25) is 0 Å². The van der Waals surface area contributed by atoms with Gasteiger partial charge in [0, 0.05) is 27.2 Å². The summed E-state index contributed by atoms with van der Waals surface area (Å²) >= 11 is 0. The van der Waals surface area contributed by atoms with E-state index in [1.54, 1.807) is 0 Å². The molecule has 2 aliphatic heterocycles. The van der Waals surface area contributed by atoms with Gasteiger partial charge in [0.1, 0.15) is 5.82 Å². The van der Waals surface area contributed by atoms with Gasteiger partial charge >= 0.3 is 0 Å². The van der Waals surface area contributed by atoms with Crippen LogP contribution in [-0.4, -0.2) is 57.5 Å². The molecule has 1 aromatic rings. The predicted octanol–water partition coefficient (Wildman–Crippen LogP) is 0.325. The van der Waals surface area contributed by atoms with E-state index in [-0.39, 0.29) is 0 Å². The van der Waals surface area contributed by atoms with Gasteiger partial charge in [0.05, 0.1) is 37.2 Å². The number of anilines is 2. The molecule has 0 saturated carbocycles. The molecule has 0 spiro atoms. The molecule has 2 aliphatic rings. The van der Waals surface area contributed by atoms with Crippen molar-refractivity contribution in [2.24, 2.45) is 0 Å². The number of nitrogens with one attached hydrogen (secondary N) is 1. The zero-order valence-electron chi connectivity index (χ0n) is 11.0. The van der Waals surface area contributed by atoms with E-state index in [1.807, 2.05) is 25.2 Å². The summed E-state index contributed by atoms with van der Waals surface area (Å²) in [6.07, 6.45) is 1.98. The van der Waals surface area contributed by atoms with Gasteiger partial charge in [-0.2, -0.15) is 0 Å². The Labute approximate surface area is 108 Å². The standard InChI is InChI=1S/C13H20N4O/c1-16(2)13-4-3-10(7-15-13)17-11-5-14-6-12(17)9-18-8-11/h3-4,7,11-12,14H,5-6,8-9H2,1-2H3. The van der Waals surface area contributed by atoms with Crippen molar-refractivity contribution in [3.63, 3.8) is 0 Å². The summed E-state index contributed by atoms with van der Waals surface area (Å²) in [5, 5.41) is 3.47. The number of piperazine rings is 1. The largest absolute Gasteiger partial charge is 0.377 e. The van der Waals surface area contributed by atoms with E-state index in [0.717, 1.165) is 32.1 Å². The molecule has 2 saturated heterocycles. The highest BCUT2D eigenvalue weighted by molar-refractivity contribution is 5.52. The first-order valence-electron chi connectivity index (χ1n) is 6.46. The molecule has 1 aromatic heterocycles. The Hall–Kier alpha value is -1.33. The van der Waals surface area contributed by atoms with Gasteiger partial charge in [0.15, 0.2) is 0 Å². The van der Waals surface area contributed by atoms with Crippen molar-refractivity contribution in [1.82, 2.24) is 10.3 Å². The van der Waals surface area contributed by atoms with E-state index in [1.165, 1.54) is 5.69 Å². The maximum atomic E-state index is 5.64. The van der Waals surface area contributed by atoms with Crippen LogP contribution in [0, 0.1) is 0 Å². The Kier molecular flexibility index (Phi) is 3.09. The van der Waals surface area contributed by atoms with E-state index in [2.05, 4.69) is 27.3 Å². The van der Waals surface area contributed by atoms with Gasteiger partial charge in [0.2, 0.25) is 0 Å². The van der Waals surface area contributed by atoms with E-state index >= 15 is 0 Å². The third-order valence-corrected chi connectivity index (χ3v) is 3.66. The Bertz CT molecular complexity index is 384. The average Bonchev–Trinajstić information content (AvgIpc) is 2.38. The van der Waals surface area contributed by atoms with E-state index in [4.69, 9.17) is 4.74 Å². The molecule has 0 aliphatic carbocycles. The molecule has 98 valence electrons. The third-order valence-electron chi connectivity index (χ3n) is 3.66. The number of aromatic nitrogens is 1. The lowest BCUT2D eigenvalue weighted by Crippen LogP contribution is -2.64. The van der Waals surface area contributed by atoms with Crippen LogP contribution in [-0.2, 0) is 4.74 Å². The molecule has 0 aromatic carbocycles. The Morgan fingerprint density at radius 3 is 2.56 bits per heavy atom. The number of rotatable bonds is 2. The second kappa shape index (κ2) is 4.74. The maximum absolute atomic E-state index is 5.64. The molecule has 2 atom stereocenters. The summed E-state index contributed by atoms with van der Waals surface area (Å²) in [4.78, 5) is 8.99. The van der Waals surface area contributed by atoms with Crippen molar-refractivity contribution in [2.75, 3.05) is 50.2 Å². The first-order valence-corrected chi connectivity index (χ1v) is 6.46. The van der Waals surface area contributed by atoms with Gasteiger partial charge in [-0.15, -0.1) is 0 Å². The molecule has 2 unspecified atom stereocenters. The van der Waals surface area contributed by atoms with Crippen LogP contribution in [0.3, 0.4) is 0 Å². The summed E-state index contributed by atoms with van der Waals surface area (Å²) < 4.78 is 5.64. The zero-order valence-corrected chi connectivity index (χ0v) is 11.0. The molecule has 0 amide bonds. The summed E-state index contributed by atoms with van der Waals surface area (Å²) in [7, 11) is 4.02. The fraction of sp³-hybridized carbons (Fsp3) is 0.615. The van der Waals surface area contributed by atoms with Crippen molar-refractivity contribution >= 4 is 11.5 Å². The number of nitrogens with zero attached hydrogens (tertiary/aromatic N) is 3. The van der Waals surface area contributed by atoms with E-state index < -0.39 is 0 Å². The minimum Gasteiger partial charge on any atom is -0.377 e. The molecule has 2 bridgehead atoms. The lowest BCUT2D eigenvalue weighted by Gasteiger charge is -2.47. The van der Waals surface area contributed by atoms with Gasteiger partial charge in [0.25, 0.3) is 0 Å². The highest BCUT2D eigenvalue weighted by Crippen LogP contribution is 2.25. The van der Waals surface area contributed by atoms with Gasteiger partial charge in [-0.1, -0.05) is 0 Å². The number of hydrogen-bond donors (Lipinski definition) is 1. The fourth-order valence-corrected chi connectivity index (χ4v) is 2.75. The van der Waals surface area contributed by atoms with Gasteiger partial charge in [-0.25, -0.2) is 4.98 Å². The number of morpholine rings is 1. The zero-order chi connectivity index (χ0) is 12.5. The summed E-state index contributed by atoms with van der Waals surface area (Å²) in [6, 6.07) is 5.11. The van der Waals surface area contributed by atoms with Gasteiger partial charge < -0.3 is 19.9 Å². The predicted molar refractivity (Wildman–Crippen MR) is 72.3 cm³/mol. The average molecular weight is 248 g/mol. The molecular weight excluding hydrogens is 228 g/mol. The molecule has 5 nitrogen and oxygen atoms in total. The normalized spacial score (nSPS) is 27.1. The van der Waals surface area contributed by atoms with Crippen LogP contribution in [0.15, 0.2) is 18.3 Å². The molecule has 18 heavy (non-hydrogen) atoms. The third kappa shape index (κ3) is 2.04. The van der Waals surface area contributed by atoms with E-state index in [9.17, 15) is 0 Å². The molecule has 3 heterocycles. The van der Waals surface area contributed by atoms with Gasteiger partial charge in [-0.05, 0) is 12.1 Å². The first-order chi connectivity index (χ1) is 8.75. The lowest BCUT2D eigenvalue weighted by atomic mass is 10.1. The summed E-state index contributed by atoms with van der Waals surface area (Å²) in [5.41, 5.74) is 1.21. The lowest BCUT2D eigenvalue weighted by molar-refractivity contribution is 0.0527. The Balaban J connectivity index is 1.84. The molecule has 2 fully saturated rings. The Morgan fingerprint density at radius 2 is 2.00 bits per heavy atom. The van der Waals surface area contributed by atoms with Crippen molar-refractivity contribution in [1.29, 1.82) is 0 Å². The molecular formula is C13H20N4O. The SMILES string of the molecule is CN(C)c1ccc(N2C3CNCC2COC3)cn1. The second-order valence-electron chi connectivity index (χ2n) is 5.18. The number of fused-ring (bicyclic) bond motifs is 2. The van der Waals surface area contributed by atoms with Crippen LogP contribution >= 0.6 is 0 Å². The number of hydrogen-bond acceptors (Lipinski definition) is 5. The van der Waals surface area contributed by atoms with Crippen LogP contribution in [0.4, 0.5) is 11.5 Å². The van der Waals surface area contributed by atoms with Crippen LogP contribution in [0.25, 0.3) is 0 Å². The van der Waals surface area contributed by atoms with Crippen LogP contribution in [0.5, 0.6) is 0 Å². The van der Waals surface area contributed by atoms with Gasteiger partial charge in [-0.3, -0.25) is 0 Å². The van der Waals surface area contributed by atoms with Crippen LogP contribution < -0.4 is 15.1 Å². The Morgan fingerprint density at radius 1 is 1.28 bits per heavy atom. The molecule has 0 radical (unpaired) electrons. The van der Waals surface area contributed by atoms with Crippen molar-refractivity contribution < 1.29 is 4.74 Å². The monoisotopic (exact) mass is 248 g/mol. The minimum absolute atomic E-state index is 0.435. The number of ether oxygens (including phenoxy) is 1. The molecule has 3 rings (SSSR count). The minimum atomic E-state index is 0.435. The second-order valence-corrected chi connectivity index (χ2v) is 5.18. The summed E-state index contributed by atoms with van der Waals surface area (Å²) in [6.45, 7) is 3.59. The maximum Gasteiger partial charge on any atom is 0.128 e. The summed E-state index contributed by atoms with van der Waals surface area (Å²) in [5.74, 6) is 0.996. The molecule has 5 heteroatoms. The van der Waals surface area contributed by atoms with Crippen molar-refractivity contribution in [3.8, 4) is 0 Å². The quantitative estimate of drug-likeness (QED) is 0.816. The molecule has 1 N–H and O–H groups in total. The van der Waals surface area contributed by atoms with Crippen LogP contribution in [0.1, 0.15) is 0 Å². The van der Waals surface area contributed by atoms with Crippen molar-refractivity contribution in [2.45, 2.75) is 12.1 Å². The van der Waals surface area contributed by atoms with E-state index in [0.29, 0.717) is 12.1 Å². The topological polar surface area (TPSA) is 40.6 Å².